The smallest absolute Gasteiger partial charge is 0.330 e. The SMILES string of the molecule is C=CC(=O)O.C=CC(=O)OCCOCC.C=Cc1ccccc1. The summed E-state index contributed by atoms with van der Waals surface area (Å²) in [5.41, 5.74) is 1.17. The van der Waals surface area contributed by atoms with Crippen molar-refractivity contribution in [1.29, 1.82) is 0 Å². The van der Waals surface area contributed by atoms with Crippen LogP contribution in [0.5, 0.6) is 0 Å². The van der Waals surface area contributed by atoms with Crippen LogP contribution in [0.15, 0.2) is 62.2 Å². The van der Waals surface area contributed by atoms with Gasteiger partial charge in [0.15, 0.2) is 0 Å². The highest BCUT2D eigenvalue weighted by atomic mass is 16.6. The Morgan fingerprint density at radius 3 is 2.00 bits per heavy atom. The summed E-state index contributed by atoms with van der Waals surface area (Å²) in [6, 6.07) is 10.0. The van der Waals surface area contributed by atoms with Crippen LogP contribution in [0.4, 0.5) is 0 Å². The normalized spacial score (nSPS) is 8.22. The molecule has 0 aromatic heterocycles. The Hall–Kier alpha value is -2.66. The predicted octanol–water partition coefficient (Wildman–Crippen LogP) is 3.34. The summed E-state index contributed by atoms with van der Waals surface area (Å²) < 4.78 is 9.53. The molecule has 5 nitrogen and oxygen atoms in total. The molecule has 0 aliphatic carbocycles. The molecule has 1 aromatic carbocycles. The largest absolute Gasteiger partial charge is 0.478 e. The minimum Gasteiger partial charge on any atom is -0.478 e. The fraction of sp³-hybridized carbons (Fsp3) is 0.222. The Morgan fingerprint density at radius 1 is 1.09 bits per heavy atom. The third kappa shape index (κ3) is 19.3. The standard InChI is InChI=1S/C8H8.C7H12O3.C3H4O2/c1-2-8-6-4-3-5-7-8;1-3-7(8)10-6-5-9-4-2;1-2-3(4)5/h2-7H,1H2;3H,1,4-6H2,2H3;2H,1H2,(H,4,5). The molecule has 23 heavy (non-hydrogen) atoms. The van der Waals surface area contributed by atoms with E-state index in [1.807, 2.05) is 43.3 Å². The Balaban J connectivity index is 0. The maximum Gasteiger partial charge on any atom is 0.330 e. The van der Waals surface area contributed by atoms with Gasteiger partial charge < -0.3 is 14.6 Å². The molecule has 5 heteroatoms. The first-order chi connectivity index (χ1) is 11.0. The van der Waals surface area contributed by atoms with Gasteiger partial charge in [-0.2, -0.15) is 0 Å². The van der Waals surface area contributed by atoms with Gasteiger partial charge in [0.1, 0.15) is 6.61 Å². The molecule has 0 amide bonds. The van der Waals surface area contributed by atoms with E-state index in [9.17, 15) is 9.59 Å². The zero-order chi connectivity index (χ0) is 17.9. The second-order valence-corrected chi connectivity index (χ2v) is 3.73. The molecule has 1 rings (SSSR count). The minimum atomic E-state index is -0.981. The van der Waals surface area contributed by atoms with Crippen molar-refractivity contribution in [2.45, 2.75) is 6.92 Å². The van der Waals surface area contributed by atoms with Crippen LogP contribution < -0.4 is 0 Å². The van der Waals surface area contributed by atoms with E-state index in [4.69, 9.17) is 9.84 Å². The van der Waals surface area contributed by atoms with Crippen molar-refractivity contribution in [1.82, 2.24) is 0 Å². The molecule has 1 aromatic rings. The molecule has 0 aliphatic heterocycles. The van der Waals surface area contributed by atoms with Crippen molar-refractivity contribution in [2.24, 2.45) is 0 Å². The number of aliphatic carboxylic acids is 1. The highest BCUT2D eigenvalue weighted by Crippen LogP contribution is 1.97. The number of ether oxygens (including phenoxy) is 2. The van der Waals surface area contributed by atoms with Gasteiger partial charge in [-0.25, -0.2) is 9.59 Å². The molecular weight excluding hydrogens is 296 g/mol. The van der Waals surface area contributed by atoms with Gasteiger partial charge >= 0.3 is 11.9 Å². The first-order valence-corrected chi connectivity index (χ1v) is 6.91. The summed E-state index contributed by atoms with van der Waals surface area (Å²) in [5.74, 6) is -1.38. The van der Waals surface area contributed by atoms with Gasteiger partial charge in [-0.3, -0.25) is 0 Å². The molecular formula is C18H24O5. The zero-order valence-electron chi connectivity index (χ0n) is 13.4. The third-order valence-corrected chi connectivity index (χ3v) is 2.05. The highest BCUT2D eigenvalue weighted by molar-refractivity contribution is 5.81. The average Bonchev–Trinajstić information content (AvgIpc) is 2.60. The predicted molar refractivity (Wildman–Crippen MR) is 92.0 cm³/mol. The first-order valence-electron chi connectivity index (χ1n) is 6.91. The second-order valence-electron chi connectivity index (χ2n) is 3.73. The molecule has 0 atom stereocenters. The number of carbonyl (C=O) groups excluding carboxylic acids is 1. The zero-order valence-corrected chi connectivity index (χ0v) is 13.4. The molecule has 0 saturated heterocycles. The maximum absolute atomic E-state index is 10.4. The van der Waals surface area contributed by atoms with Crippen LogP contribution in [0.1, 0.15) is 12.5 Å². The molecule has 0 saturated carbocycles. The number of carbonyl (C=O) groups is 2. The Kier molecular flexibility index (Phi) is 17.1. The topological polar surface area (TPSA) is 72.8 Å². The number of benzene rings is 1. The van der Waals surface area contributed by atoms with Crippen molar-refractivity contribution in [3.8, 4) is 0 Å². The third-order valence-electron chi connectivity index (χ3n) is 2.05. The molecule has 126 valence electrons. The molecule has 1 N–H and O–H groups in total. The number of rotatable bonds is 7. The van der Waals surface area contributed by atoms with E-state index in [2.05, 4.69) is 24.5 Å². The number of hydrogen-bond donors (Lipinski definition) is 1. The van der Waals surface area contributed by atoms with Crippen molar-refractivity contribution >= 4 is 18.0 Å². The van der Waals surface area contributed by atoms with Gasteiger partial charge in [0.2, 0.25) is 0 Å². The van der Waals surface area contributed by atoms with Crippen LogP contribution in [0.25, 0.3) is 6.08 Å². The lowest BCUT2D eigenvalue weighted by Crippen LogP contribution is -2.07. The summed E-state index contributed by atoms with van der Waals surface area (Å²) in [7, 11) is 0. The lowest BCUT2D eigenvalue weighted by Gasteiger charge is -2.00. The monoisotopic (exact) mass is 320 g/mol. The van der Waals surface area contributed by atoms with Crippen LogP contribution >= 0.6 is 0 Å². The minimum absolute atomic E-state index is 0.304. The fourth-order valence-electron chi connectivity index (χ4n) is 0.994. The second kappa shape index (κ2) is 17.4. The number of carboxylic acids is 1. The summed E-state index contributed by atoms with van der Waals surface area (Å²) >= 11 is 0. The number of hydrogen-bond acceptors (Lipinski definition) is 4. The molecule has 0 heterocycles. The van der Waals surface area contributed by atoms with E-state index in [1.165, 1.54) is 5.56 Å². The van der Waals surface area contributed by atoms with E-state index in [0.717, 1.165) is 12.2 Å². The lowest BCUT2D eigenvalue weighted by atomic mass is 10.2. The van der Waals surface area contributed by atoms with Crippen LogP contribution in [0.2, 0.25) is 0 Å². The van der Waals surface area contributed by atoms with Gasteiger partial charge in [0, 0.05) is 18.8 Å². The average molecular weight is 320 g/mol. The van der Waals surface area contributed by atoms with Gasteiger partial charge in [-0.05, 0) is 12.5 Å². The maximum atomic E-state index is 10.4. The first kappa shape index (κ1) is 22.6. The van der Waals surface area contributed by atoms with Crippen LogP contribution in [-0.2, 0) is 19.1 Å². The van der Waals surface area contributed by atoms with Crippen LogP contribution in [0.3, 0.4) is 0 Å². The fourth-order valence-corrected chi connectivity index (χ4v) is 0.994. The van der Waals surface area contributed by atoms with Gasteiger partial charge in [0.05, 0.1) is 6.61 Å². The highest BCUT2D eigenvalue weighted by Gasteiger charge is 1.92. The molecule has 0 bridgehead atoms. The summed E-state index contributed by atoms with van der Waals surface area (Å²) in [5, 5.41) is 7.60. The summed E-state index contributed by atoms with van der Waals surface area (Å²) in [6.45, 7) is 13.1. The van der Waals surface area contributed by atoms with Crippen molar-refractivity contribution in [3.05, 3.63) is 67.8 Å². The van der Waals surface area contributed by atoms with Crippen LogP contribution in [0, 0.1) is 0 Å². The van der Waals surface area contributed by atoms with E-state index in [0.29, 0.717) is 19.8 Å². The van der Waals surface area contributed by atoms with Gasteiger partial charge in [-0.15, -0.1) is 0 Å². The molecule has 0 spiro atoms. The van der Waals surface area contributed by atoms with E-state index < -0.39 is 11.9 Å². The molecule has 0 aliphatic rings. The van der Waals surface area contributed by atoms with E-state index in [-0.39, 0.29) is 0 Å². The van der Waals surface area contributed by atoms with E-state index in [1.54, 1.807) is 0 Å². The summed E-state index contributed by atoms with van der Waals surface area (Å²) in [4.78, 5) is 19.6. The van der Waals surface area contributed by atoms with Crippen molar-refractivity contribution in [2.75, 3.05) is 19.8 Å². The number of carboxylic acid groups (broad SMARTS) is 1. The van der Waals surface area contributed by atoms with Crippen molar-refractivity contribution < 1.29 is 24.2 Å². The Morgan fingerprint density at radius 2 is 1.65 bits per heavy atom. The molecule has 0 radical (unpaired) electrons. The lowest BCUT2D eigenvalue weighted by molar-refractivity contribution is -0.139. The van der Waals surface area contributed by atoms with Crippen LogP contribution in [-0.4, -0.2) is 36.9 Å². The molecule has 0 fully saturated rings. The molecule has 0 unspecified atom stereocenters. The van der Waals surface area contributed by atoms with Gasteiger partial charge in [-0.1, -0.05) is 56.1 Å². The van der Waals surface area contributed by atoms with Gasteiger partial charge in [0.25, 0.3) is 0 Å². The summed E-state index contributed by atoms with van der Waals surface area (Å²) in [6.07, 6.45) is 3.80. The Bertz CT molecular complexity index is 466. The van der Waals surface area contributed by atoms with Crippen molar-refractivity contribution in [3.63, 3.8) is 0 Å². The Labute approximate surface area is 137 Å². The van der Waals surface area contributed by atoms with E-state index >= 15 is 0 Å². The number of esters is 1. The quantitative estimate of drug-likeness (QED) is 0.474.